The molecule has 2 saturated heterocycles. The van der Waals surface area contributed by atoms with Gasteiger partial charge >= 0.3 is 0 Å². The number of carbonyl (C=O) groups excluding carboxylic acids is 1. The van der Waals surface area contributed by atoms with E-state index < -0.39 is 0 Å². The van der Waals surface area contributed by atoms with Gasteiger partial charge < -0.3 is 4.90 Å². The molecule has 1 unspecified atom stereocenters. The van der Waals surface area contributed by atoms with Crippen LogP contribution < -0.4 is 5.32 Å². The van der Waals surface area contributed by atoms with Crippen molar-refractivity contribution >= 4 is 17.7 Å². The van der Waals surface area contributed by atoms with Crippen LogP contribution in [0.1, 0.15) is 39.0 Å². The largest absolute Gasteiger partial charge is 0.328 e. The van der Waals surface area contributed by atoms with Gasteiger partial charge in [-0.15, -0.1) is 0 Å². The standard InChI is InChI=1S/C13H24N2OS/c1-2-3-4-12-13(16)15(10-14-12)9-11-5-7-17-8-6-11/h11-12,14H,2-10H2,1H3. The van der Waals surface area contributed by atoms with Crippen LogP contribution in [0.2, 0.25) is 0 Å². The van der Waals surface area contributed by atoms with Gasteiger partial charge in [-0.05, 0) is 36.7 Å². The number of nitrogens with one attached hydrogen (secondary N) is 1. The smallest absolute Gasteiger partial charge is 0.240 e. The molecule has 0 saturated carbocycles. The predicted molar refractivity (Wildman–Crippen MR) is 73.1 cm³/mol. The predicted octanol–water partition coefficient (Wildman–Crippen LogP) is 2.08. The van der Waals surface area contributed by atoms with E-state index in [1.54, 1.807) is 0 Å². The monoisotopic (exact) mass is 256 g/mol. The molecular weight excluding hydrogens is 232 g/mol. The van der Waals surface area contributed by atoms with Gasteiger partial charge in [0.2, 0.25) is 5.91 Å². The molecule has 17 heavy (non-hydrogen) atoms. The Morgan fingerprint density at radius 3 is 2.88 bits per heavy atom. The zero-order chi connectivity index (χ0) is 12.1. The van der Waals surface area contributed by atoms with Crippen LogP contribution in [0.25, 0.3) is 0 Å². The van der Waals surface area contributed by atoms with Crippen molar-refractivity contribution in [2.75, 3.05) is 24.7 Å². The number of hydrogen-bond acceptors (Lipinski definition) is 3. The third kappa shape index (κ3) is 3.62. The van der Waals surface area contributed by atoms with E-state index in [0.29, 0.717) is 5.91 Å². The molecule has 0 bridgehead atoms. The summed E-state index contributed by atoms with van der Waals surface area (Å²) in [6, 6.07) is 0.105. The number of thioether (sulfide) groups is 1. The molecule has 0 aromatic rings. The van der Waals surface area contributed by atoms with Crippen molar-refractivity contribution in [3.05, 3.63) is 0 Å². The van der Waals surface area contributed by atoms with E-state index >= 15 is 0 Å². The Morgan fingerprint density at radius 1 is 1.41 bits per heavy atom. The minimum atomic E-state index is 0.105. The lowest BCUT2D eigenvalue weighted by atomic mass is 10.0. The van der Waals surface area contributed by atoms with Crippen LogP contribution in [0, 0.1) is 5.92 Å². The fourth-order valence-corrected chi connectivity index (χ4v) is 3.84. The minimum absolute atomic E-state index is 0.105. The van der Waals surface area contributed by atoms with E-state index in [9.17, 15) is 4.79 Å². The molecule has 1 amide bonds. The summed E-state index contributed by atoms with van der Waals surface area (Å²) in [5.74, 6) is 3.64. The minimum Gasteiger partial charge on any atom is -0.328 e. The van der Waals surface area contributed by atoms with Crippen LogP contribution in [0.5, 0.6) is 0 Å². The maximum atomic E-state index is 12.1. The number of hydrogen-bond donors (Lipinski definition) is 1. The molecule has 2 rings (SSSR count). The summed E-state index contributed by atoms with van der Waals surface area (Å²) in [5.41, 5.74) is 0. The molecule has 4 heteroatoms. The highest BCUT2D eigenvalue weighted by molar-refractivity contribution is 7.99. The topological polar surface area (TPSA) is 32.3 Å². The Bertz CT molecular complexity index is 254. The fourth-order valence-electron chi connectivity index (χ4n) is 2.63. The lowest BCUT2D eigenvalue weighted by molar-refractivity contribution is -0.129. The fraction of sp³-hybridized carbons (Fsp3) is 0.923. The first-order valence-corrected chi connectivity index (χ1v) is 8.06. The number of carbonyl (C=O) groups is 1. The van der Waals surface area contributed by atoms with Crippen molar-refractivity contribution in [2.24, 2.45) is 5.92 Å². The van der Waals surface area contributed by atoms with Gasteiger partial charge in [-0.2, -0.15) is 11.8 Å². The van der Waals surface area contributed by atoms with Crippen LogP contribution in [0.4, 0.5) is 0 Å². The van der Waals surface area contributed by atoms with Gasteiger partial charge in [0.25, 0.3) is 0 Å². The Balaban J connectivity index is 1.76. The van der Waals surface area contributed by atoms with Crippen molar-refractivity contribution in [1.82, 2.24) is 10.2 Å². The van der Waals surface area contributed by atoms with Gasteiger partial charge in [0.1, 0.15) is 0 Å². The Kier molecular flexibility index (Phi) is 5.16. The maximum Gasteiger partial charge on any atom is 0.240 e. The molecule has 1 N–H and O–H groups in total. The van der Waals surface area contributed by atoms with Gasteiger partial charge in [-0.3, -0.25) is 10.1 Å². The van der Waals surface area contributed by atoms with Crippen LogP contribution in [0.15, 0.2) is 0 Å². The average molecular weight is 256 g/mol. The highest BCUT2D eigenvalue weighted by atomic mass is 32.2. The summed E-state index contributed by atoms with van der Waals surface area (Å²) in [6.07, 6.45) is 5.90. The van der Waals surface area contributed by atoms with Gasteiger partial charge in [-0.25, -0.2) is 0 Å². The first-order valence-electron chi connectivity index (χ1n) is 6.91. The molecule has 0 aromatic carbocycles. The quantitative estimate of drug-likeness (QED) is 0.817. The van der Waals surface area contributed by atoms with Gasteiger partial charge in [-0.1, -0.05) is 19.8 Å². The third-order valence-corrected chi connectivity index (χ3v) is 4.85. The SMILES string of the molecule is CCCCC1NCN(CC2CCSCC2)C1=O. The second-order valence-corrected chi connectivity index (χ2v) is 6.40. The van der Waals surface area contributed by atoms with Crippen molar-refractivity contribution in [3.8, 4) is 0 Å². The lowest BCUT2D eigenvalue weighted by Gasteiger charge is -2.26. The first kappa shape index (κ1) is 13.2. The van der Waals surface area contributed by atoms with Crippen LogP contribution in [-0.4, -0.2) is 41.6 Å². The van der Waals surface area contributed by atoms with Crippen LogP contribution >= 0.6 is 11.8 Å². The molecule has 2 aliphatic rings. The highest BCUT2D eigenvalue weighted by Gasteiger charge is 2.31. The second kappa shape index (κ2) is 6.64. The summed E-state index contributed by atoms with van der Waals surface area (Å²) < 4.78 is 0. The van der Waals surface area contributed by atoms with E-state index in [-0.39, 0.29) is 6.04 Å². The number of rotatable bonds is 5. The summed E-state index contributed by atoms with van der Waals surface area (Å²) in [5, 5.41) is 3.35. The summed E-state index contributed by atoms with van der Waals surface area (Å²) in [7, 11) is 0. The molecule has 0 aromatic heterocycles. The van der Waals surface area contributed by atoms with Crippen molar-refractivity contribution in [3.63, 3.8) is 0 Å². The molecular formula is C13H24N2OS. The molecule has 3 nitrogen and oxygen atoms in total. The van der Waals surface area contributed by atoms with E-state index in [1.165, 1.54) is 30.8 Å². The number of nitrogens with zero attached hydrogens (tertiary/aromatic N) is 1. The van der Waals surface area contributed by atoms with E-state index in [2.05, 4.69) is 12.2 Å². The molecule has 98 valence electrons. The number of amides is 1. The van der Waals surface area contributed by atoms with Gasteiger partial charge in [0.15, 0.2) is 0 Å². The van der Waals surface area contributed by atoms with Crippen LogP contribution in [-0.2, 0) is 4.79 Å². The van der Waals surface area contributed by atoms with Crippen molar-refractivity contribution in [1.29, 1.82) is 0 Å². The first-order chi connectivity index (χ1) is 8.31. The van der Waals surface area contributed by atoms with Gasteiger partial charge in [0.05, 0.1) is 12.7 Å². The Hall–Kier alpha value is -0.220. The van der Waals surface area contributed by atoms with E-state index in [0.717, 1.165) is 32.0 Å². The molecule has 2 fully saturated rings. The molecule has 0 radical (unpaired) electrons. The van der Waals surface area contributed by atoms with Gasteiger partial charge in [0, 0.05) is 6.54 Å². The average Bonchev–Trinajstić information content (AvgIpc) is 2.70. The second-order valence-electron chi connectivity index (χ2n) is 5.17. The van der Waals surface area contributed by atoms with Crippen molar-refractivity contribution in [2.45, 2.75) is 45.1 Å². The Morgan fingerprint density at radius 2 is 2.18 bits per heavy atom. The molecule has 2 aliphatic heterocycles. The highest BCUT2D eigenvalue weighted by Crippen LogP contribution is 2.24. The number of unbranched alkanes of at least 4 members (excludes halogenated alkanes) is 1. The summed E-state index contributed by atoms with van der Waals surface area (Å²) in [6.45, 7) is 3.93. The normalized spacial score (nSPS) is 26.8. The summed E-state index contributed by atoms with van der Waals surface area (Å²) >= 11 is 2.05. The van der Waals surface area contributed by atoms with E-state index in [1.807, 2.05) is 16.7 Å². The molecule has 0 aliphatic carbocycles. The third-order valence-electron chi connectivity index (χ3n) is 3.80. The maximum absolute atomic E-state index is 12.1. The molecule has 0 spiro atoms. The zero-order valence-electron chi connectivity index (χ0n) is 10.8. The Labute approximate surface area is 109 Å². The van der Waals surface area contributed by atoms with E-state index in [4.69, 9.17) is 0 Å². The summed E-state index contributed by atoms with van der Waals surface area (Å²) in [4.78, 5) is 14.2. The van der Waals surface area contributed by atoms with Crippen molar-refractivity contribution < 1.29 is 4.79 Å². The molecule has 2 heterocycles. The lowest BCUT2D eigenvalue weighted by Crippen LogP contribution is -2.35. The zero-order valence-corrected chi connectivity index (χ0v) is 11.6. The molecule has 1 atom stereocenters. The van der Waals surface area contributed by atoms with Crippen LogP contribution in [0.3, 0.4) is 0 Å².